The molecule has 0 amide bonds. The first-order valence-corrected chi connectivity index (χ1v) is 7.60. The van der Waals surface area contributed by atoms with Crippen LogP contribution in [0.2, 0.25) is 0 Å². The fraction of sp³-hybridized carbons (Fsp3) is 1.00. The smallest absolute Gasteiger partial charge is 0.0263 e. The van der Waals surface area contributed by atoms with E-state index in [1.807, 2.05) is 0 Å². The van der Waals surface area contributed by atoms with E-state index < -0.39 is 0 Å². The first kappa shape index (κ1) is 11.9. The van der Waals surface area contributed by atoms with Gasteiger partial charge in [-0.3, -0.25) is 9.80 Å². The Labute approximate surface area is 106 Å². The minimum absolute atomic E-state index is 0.789. The summed E-state index contributed by atoms with van der Waals surface area (Å²) in [5.74, 6) is 0. The molecule has 3 heteroatoms. The zero-order valence-electron chi connectivity index (χ0n) is 11.2. The number of rotatable bonds is 3. The van der Waals surface area contributed by atoms with Crippen LogP contribution in [0.1, 0.15) is 39.0 Å². The Kier molecular flexibility index (Phi) is 3.69. The molecule has 98 valence electrons. The zero-order valence-corrected chi connectivity index (χ0v) is 11.2. The van der Waals surface area contributed by atoms with Crippen molar-refractivity contribution in [1.29, 1.82) is 0 Å². The Hall–Kier alpha value is -0.120. The third-order valence-corrected chi connectivity index (χ3v) is 5.06. The average molecular weight is 237 g/mol. The van der Waals surface area contributed by atoms with Gasteiger partial charge in [0.05, 0.1) is 0 Å². The van der Waals surface area contributed by atoms with Crippen molar-refractivity contribution in [3.63, 3.8) is 0 Å². The maximum atomic E-state index is 3.60. The highest BCUT2D eigenvalue weighted by molar-refractivity contribution is 4.98. The highest BCUT2D eigenvalue weighted by atomic mass is 15.3. The molecular weight excluding hydrogens is 210 g/mol. The fourth-order valence-corrected chi connectivity index (χ4v) is 4.21. The van der Waals surface area contributed by atoms with Crippen molar-refractivity contribution in [2.24, 2.45) is 0 Å². The quantitative estimate of drug-likeness (QED) is 0.798. The molecule has 0 aromatic heterocycles. The topological polar surface area (TPSA) is 18.5 Å². The van der Waals surface area contributed by atoms with Gasteiger partial charge in [0.15, 0.2) is 0 Å². The van der Waals surface area contributed by atoms with E-state index in [1.165, 1.54) is 58.3 Å². The van der Waals surface area contributed by atoms with Crippen LogP contribution in [0.5, 0.6) is 0 Å². The van der Waals surface area contributed by atoms with E-state index in [0.29, 0.717) is 0 Å². The molecule has 2 unspecified atom stereocenters. The Morgan fingerprint density at radius 3 is 2.29 bits per heavy atom. The van der Waals surface area contributed by atoms with Gasteiger partial charge in [0.25, 0.3) is 0 Å². The van der Waals surface area contributed by atoms with Crippen LogP contribution in [-0.2, 0) is 0 Å². The molecule has 3 fully saturated rings. The van der Waals surface area contributed by atoms with E-state index in [9.17, 15) is 0 Å². The molecule has 0 bridgehead atoms. The zero-order chi connectivity index (χ0) is 11.7. The highest BCUT2D eigenvalue weighted by Crippen LogP contribution is 2.32. The molecule has 3 nitrogen and oxygen atoms in total. The maximum Gasteiger partial charge on any atom is 0.0263 e. The van der Waals surface area contributed by atoms with Crippen LogP contribution in [0.15, 0.2) is 0 Å². The Morgan fingerprint density at radius 2 is 1.53 bits per heavy atom. The summed E-state index contributed by atoms with van der Waals surface area (Å²) in [6, 6.07) is 2.59. The number of nitrogens with one attached hydrogen (secondary N) is 1. The van der Waals surface area contributed by atoms with Gasteiger partial charge in [-0.05, 0) is 58.3 Å². The number of likely N-dealkylation sites (tertiary alicyclic amines) is 1. The molecule has 0 aromatic carbocycles. The van der Waals surface area contributed by atoms with Crippen molar-refractivity contribution >= 4 is 0 Å². The summed E-state index contributed by atoms with van der Waals surface area (Å²) in [6.45, 7) is 8.74. The standard InChI is InChI=1S/C14H27N3/c1-2-15-12-5-9-17(10-6-12)14-7-11-16-8-3-4-13(14)16/h12-15H,2-11H2,1H3. The third-order valence-electron chi connectivity index (χ3n) is 5.06. The normalized spacial score (nSPS) is 36.5. The first-order valence-electron chi connectivity index (χ1n) is 7.60. The second-order valence-corrected chi connectivity index (χ2v) is 5.97. The number of fused-ring (bicyclic) bond motifs is 1. The minimum atomic E-state index is 0.789. The Bertz CT molecular complexity index is 248. The van der Waals surface area contributed by atoms with Crippen molar-refractivity contribution in [2.45, 2.75) is 57.2 Å². The molecule has 0 aliphatic carbocycles. The lowest BCUT2D eigenvalue weighted by molar-refractivity contribution is 0.120. The summed E-state index contributed by atoms with van der Waals surface area (Å²) in [7, 11) is 0. The Balaban J connectivity index is 1.53. The molecule has 0 spiro atoms. The van der Waals surface area contributed by atoms with Gasteiger partial charge in [0.1, 0.15) is 0 Å². The summed E-state index contributed by atoms with van der Waals surface area (Å²) in [5, 5.41) is 3.60. The molecule has 0 aromatic rings. The predicted molar refractivity (Wildman–Crippen MR) is 71.3 cm³/mol. The molecule has 3 saturated heterocycles. The van der Waals surface area contributed by atoms with E-state index in [4.69, 9.17) is 0 Å². The van der Waals surface area contributed by atoms with Gasteiger partial charge in [0, 0.05) is 24.7 Å². The molecule has 3 aliphatic heterocycles. The number of piperidine rings is 1. The SMILES string of the molecule is CCNC1CCN(C2CCN3CCCC23)CC1. The van der Waals surface area contributed by atoms with Gasteiger partial charge in [0.2, 0.25) is 0 Å². The van der Waals surface area contributed by atoms with Crippen LogP contribution in [0.4, 0.5) is 0 Å². The monoisotopic (exact) mass is 237 g/mol. The summed E-state index contributed by atoms with van der Waals surface area (Å²) in [6.07, 6.45) is 7.04. The second-order valence-electron chi connectivity index (χ2n) is 5.97. The van der Waals surface area contributed by atoms with Gasteiger partial charge < -0.3 is 5.32 Å². The van der Waals surface area contributed by atoms with Gasteiger partial charge in [-0.2, -0.15) is 0 Å². The molecule has 3 rings (SSSR count). The van der Waals surface area contributed by atoms with E-state index >= 15 is 0 Å². The largest absolute Gasteiger partial charge is 0.314 e. The molecule has 2 atom stereocenters. The van der Waals surface area contributed by atoms with Crippen LogP contribution >= 0.6 is 0 Å². The van der Waals surface area contributed by atoms with Gasteiger partial charge in [-0.1, -0.05) is 6.92 Å². The number of nitrogens with zero attached hydrogens (tertiary/aromatic N) is 2. The number of hydrogen-bond acceptors (Lipinski definition) is 3. The fourth-order valence-electron chi connectivity index (χ4n) is 4.21. The van der Waals surface area contributed by atoms with Crippen molar-refractivity contribution in [1.82, 2.24) is 15.1 Å². The maximum absolute atomic E-state index is 3.60. The summed E-state index contributed by atoms with van der Waals surface area (Å²) in [4.78, 5) is 5.53. The number of hydrogen-bond donors (Lipinski definition) is 1. The van der Waals surface area contributed by atoms with Crippen molar-refractivity contribution in [2.75, 3.05) is 32.7 Å². The first-order chi connectivity index (χ1) is 8.38. The Morgan fingerprint density at radius 1 is 0.882 bits per heavy atom. The van der Waals surface area contributed by atoms with Crippen molar-refractivity contribution in [3.8, 4) is 0 Å². The second kappa shape index (κ2) is 5.25. The van der Waals surface area contributed by atoms with E-state index in [-0.39, 0.29) is 0 Å². The van der Waals surface area contributed by atoms with Gasteiger partial charge >= 0.3 is 0 Å². The van der Waals surface area contributed by atoms with E-state index in [2.05, 4.69) is 22.0 Å². The highest BCUT2D eigenvalue weighted by Gasteiger charge is 2.40. The average Bonchev–Trinajstić information content (AvgIpc) is 2.93. The van der Waals surface area contributed by atoms with Crippen LogP contribution in [-0.4, -0.2) is 60.6 Å². The van der Waals surface area contributed by atoms with E-state index in [1.54, 1.807) is 0 Å². The minimum Gasteiger partial charge on any atom is -0.314 e. The third kappa shape index (κ3) is 2.38. The molecule has 0 saturated carbocycles. The lowest BCUT2D eigenvalue weighted by Gasteiger charge is -2.38. The van der Waals surface area contributed by atoms with Crippen molar-refractivity contribution in [3.05, 3.63) is 0 Å². The summed E-state index contributed by atoms with van der Waals surface area (Å²) >= 11 is 0. The van der Waals surface area contributed by atoms with Gasteiger partial charge in [-0.25, -0.2) is 0 Å². The van der Waals surface area contributed by atoms with E-state index in [0.717, 1.165) is 24.7 Å². The van der Waals surface area contributed by atoms with Crippen LogP contribution in [0.25, 0.3) is 0 Å². The molecule has 3 heterocycles. The summed E-state index contributed by atoms with van der Waals surface area (Å²) < 4.78 is 0. The predicted octanol–water partition coefficient (Wildman–Crippen LogP) is 1.30. The van der Waals surface area contributed by atoms with Crippen molar-refractivity contribution < 1.29 is 0 Å². The van der Waals surface area contributed by atoms with Crippen LogP contribution < -0.4 is 5.32 Å². The lowest BCUT2D eigenvalue weighted by atomic mass is 9.99. The molecule has 0 radical (unpaired) electrons. The molecular formula is C14H27N3. The lowest BCUT2D eigenvalue weighted by Crippen LogP contribution is -2.49. The molecule has 17 heavy (non-hydrogen) atoms. The van der Waals surface area contributed by atoms with Crippen LogP contribution in [0, 0.1) is 0 Å². The molecule has 1 N–H and O–H groups in total. The summed E-state index contributed by atoms with van der Waals surface area (Å²) in [5.41, 5.74) is 0. The van der Waals surface area contributed by atoms with Gasteiger partial charge in [-0.15, -0.1) is 0 Å². The van der Waals surface area contributed by atoms with Crippen LogP contribution in [0.3, 0.4) is 0 Å². The molecule has 3 aliphatic rings.